The molecule has 6 nitrogen and oxygen atoms in total. The number of carboxylic acids is 1. The number of amides is 2. The Labute approximate surface area is 128 Å². The zero-order valence-electron chi connectivity index (χ0n) is 13.9. The Morgan fingerprint density at radius 3 is 2.19 bits per heavy atom. The molecule has 2 N–H and O–H groups in total. The Morgan fingerprint density at radius 1 is 1.10 bits per heavy atom. The Hall–Kier alpha value is -1.30. The molecule has 0 aliphatic heterocycles. The first-order chi connectivity index (χ1) is 9.96. The summed E-state index contributed by atoms with van der Waals surface area (Å²) in [4.78, 5) is 26.8. The van der Waals surface area contributed by atoms with Crippen LogP contribution in [-0.4, -0.2) is 66.2 Å². The van der Waals surface area contributed by atoms with Crippen LogP contribution in [0.2, 0.25) is 0 Å². The predicted molar refractivity (Wildman–Crippen MR) is 84.5 cm³/mol. The van der Waals surface area contributed by atoms with E-state index in [1.165, 1.54) is 0 Å². The van der Waals surface area contributed by atoms with Crippen molar-refractivity contribution >= 4 is 12.0 Å². The molecule has 0 aromatic rings. The van der Waals surface area contributed by atoms with Crippen LogP contribution in [0, 0.1) is 5.92 Å². The van der Waals surface area contributed by atoms with Crippen LogP contribution >= 0.6 is 0 Å². The van der Waals surface area contributed by atoms with E-state index < -0.39 is 11.9 Å². The fourth-order valence-electron chi connectivity index (χ4n) is 2.06. The third-order valence-corrected chi connectivity index (χ3v) is 3.74. The number of nitrogens with zero attached hydrogens (tertiary/aromatic N) is 2. The normalized spacial score (nSPS) is 12.2. The number of hydrogen-bond acceptors (Lipinski definition) is 3. The minimum atomic E-state index is -0.823. The van der Waals surface area contributed by atoms with Crippen molar-refractivity contribution < 1.29 is 14.7 Å². The molecule has 0 saturated heterocycles. The van der Waals surface area contributed by atoms with Crippen LogP contribution in [0.25, 0.3) is 0 Å². The molecule has 0 rings (SSSR count). The van der Waals surface area contributed by atoms with E-state index in [1.54, 1.807) is 11.8 Å². The molecular formula is C15H31N3O3. The van der Waals surface area contributed by atoms with Gasteiger partial charge in [-0.2, -0.15) is 0 Å². The maximum Gasteiger partial charge on any atom is 0.317 e. The Balaban J connectivity index is 3.99. The summed E-state index contributed by atoms with van der Waals surface area (Å²) in [6.07, 6.45) is 1.41. The van der Waals surface area contributed by atoms with E-state index in [0.717, 1.165) is 32.6 Å². The van der Waals surface area contributed by atoms with Crippen LogP contribution in [0.1, 0.15) is 40.5 Å². The minimum Gasteiger partial charge on any atom is -0.481 e. The number of nitrogens with one attached hydrogen (secondary N) is 1. The summed E-state index contributed by atoms with van der Waals surface area (Å²) in [5.74, 6) is -1.25. The third kappa shape index (κ3) is 8.55. The van der Waals surface area contributed by atoms with Crippen LogP contribution in [0.3, 0.4) is 0 Å². The van der Waals surface area contributed by atoms with Gasteiger partial charge in [-0.1, -0.05) is 20.8 Å². The maximum atomic E-state index is 12.0. The van der Waals surface area contributed by atoms with E-state index in [-0.39, 0.29) is 6.03 Å². The standard InChI is InChI=1S/C15H31N3O3/c1-5-17(6-2)11-8-12-18(7-3)15(21)16-10-9-13(4)14(19)20/h13H,5-12H2,1-4H3,(H,16,21)(H,19,20). The number of urea groups is 1. The van der Waals surface area contributed by atoms with Crippen molar-refractivity contribution in [2.24, 2.45) is 5.92 Å². The summed E-state index contributed by atoms with van der Waals surface area (Å²) in [7, 11) is 0. The van der Waals surface area contributed by atoms with E-state index in [9.17, 15) is 9.59 Å². The Morgan fingerprint density at radius 2 is 1.71 bits per heavy atom. The van der Waals surface area contributed by atoms with E-state index in [0.29, 0.717) is 19.5 Å². The van der Waals surface area contributed by atoms with Crippen molar-refractivity contribution in [2.45, 2.75) is 40.5 Å². The lowest BCUT2D eigenvalue weighted by Crippen LogP contribution is -2.42. The van der Waals surface area contributed by atoms with E-state index in [1.807, 2.05) is 6.92 Å². The van der Waals surface area contributed by atoms with Gasteiger partial charge in [0.1, 0.15) is 0 Å². The molecule has 0 aliphatic carbocycles. The van der Waals surface area contributed by atoms with Crippen molar-refractivity contribution in [3.63, 3.8) is 0 Å². The van der Waals surface area contributed by atoms with Gasteiger partial charge in [-0.25, -0.2) is 4.79 Å². The first-order valence-electron chi connectivity index (χ1n) is 7.94. The van der Waals surface area contributed by atoms with Crippen molar-refractivity contribution in [3.05, 3.63) is 0 Å². The molecule has 1 unspecified atom stereocenters. The van der Waals surface area contributed by atoms with Gasteiger partial charge in [0.2, 0.25) is 0 Å². The summed E-state index contributed by atoms with van der Waals surface area (Å²) >= 11 is 0. The smallest absolute Gasteiger partial charge is 0.317 e. The first-order valence-corrected chi connectivity index (χ1v) is 7.94. The Bertz CT molecular complexity index is 307. The second-order valence-corrected chi connectivity index (χ2v) is 5.22. The molecule has 124 valence electrons. The van der Waals surface area contributed by atoms with Gasteiger partial charge in [0.05, 0.1) is 5.92 Å². The van der Waals surface area contributed by atoms with Gasteiger partial charge < -0.3 is 20.2 Å². The number of carbonyl (C=O) groups excluding carboxylic acids is 1. The summed E-state index contributed by atoms with van der Waals surface area (Å²) in [6.45, 7) is 12.7. The van der Waals surface area contributed by atoms with E-state index >= 15 is 0 Å². The van der Waals surface area contributed by atoms with Crippen LogP contribution in [0.5, 0.6) is 0 Å². The lowest BCUT2D eigenvalue weighted by Gasteiger charge is -2.24. The van der Waals surface area contributed by atoms with Crippen molar-refractivity contribution in [1.82, 2.24) is 15.1 Å². The Kier molecular flexibility index (Phi) is 10.7. The van der Waals surface area contributed by atoms with E-state index in [4.69, 9.17) is 5.11 Å². The lowest BCUT2D eigenvalue weighted by molar-refractivity contribution is -0.141. The molecule has 0 aromatic carbocycles. The fourth-order valence-corrected chi connectivity index (χ4v) is 2.06. The maximum absolute atomic E-state index is 12.0. The summed E-state index contributed by atoms with van der Waals surface area (Å²) in [6, 6.07) is -0.102. The van der Waals surface area contributed by atoms with Crippen molar-refractivity contribution in [1.29, 1.82) is 0 Å². The van der Waals surface area contributed by atoms with Gasteiger partial charge in [-0.05, 0) is 39.4 Å². The quantitative estimate of drug-likeness (QED) is 0.611. The largest absolute Gasteiger partial charge is 0.481 e. The SMILES string of the molecule is CCN(CC)CCCN(CC)C(=O)NCCC(C)C(=O)O. The molecule has 0 spiro atoms. The highest BCUT2D eigenvalue weighted by Gasteiger charge is 2.14. The van der Waals surface area contributed by atoms with Gasteiger partial charge in [-0.3, -0.25) is 4.79 Å². The highest BCUT2D eigenvalue weighted by atomic mass is 16.4. The van der Waals surface area contributed by atoms with Crippen LogP contribution in [-0.2, 0) is 4.79 Å². The molecule has 2 amide bonds. The molecule has 0 aliphatic rings. The average molecular weight is 301 g/mol. The predicted octanol–water partition coefficient (Wildman–Crippen LogP) is 1.86. The van der Waals surface area contributed by atoms with Gasteiger partial charge in [0.25, 0.3) is 0 Å². The molecule has 0 bridgehead atoms. The average Bonchev–Trinajstić information content (AvgIpc) is 2.47. The van der Waals surface area contributed by atoms with Gasteiger partial charge in [0, 0.05) is 19.6 Å². The number of rotatable bonds is 11. The molecular weight excluding hydrogens is 270 g/mol. The topological polar surface area (TPSA) is 72.9 Å². The zero-order valence-corrected chi connectivity index (χ0v) is 13.9. The highest BCUT2D eigenvalue weighted by molar-refractivity contribution is 5.74. The molecule has 0 fully saturated rings. The zero-order chi connectivity index (χ0) is 16.3. The summed E-state index contributed by atoms with van der Waals surface area (Å²) < 4.78 is 0. The summed E-state index contributed by atoms with van der Waals surface area (Å²) in [5, 5.41) is 11.6. The molecule has 0 saturated carbocycles. The number of hydrogen-bond donors (Lipinski definition) is 2. The molecule has 21 heavy (non-hydrogen) atoms. The highest BCUT2D eigenvalue weighted by Crippen LogP contribution is 2.01. The van der Waals surface area contributed by atoms with Gasteiger partial charge in [-0.15, -0.1) is 0 Å². The number of aliphatic carboxylic acids is 1. The van der Waals surface area contributed by atoms with Crippen LogP contribution < -0.4 is 5.32 Å². The molecule has 1 atom stereocenters. The molecule has 0 heterocycles. The summed E-state index contributed by atoms with van der Waals surface area (Å²) in [5.41, 5.74) is 0. The minimum absolute atomic E-state index is 0.102. The van der Waals surface area contributed by atoms with E-state index in [2.05, 4.69) is 24.1 Å². The van der Waals surface area contributed by atoms with Crippen molar-refractivity contribution in [2.75, 3.05) is 39.3 Å². The molecule has 6 heteroatoms. The van der Waals surface area contributed by atoms with Crippen molar-refractivity contribution in [3.8, 4) is 0 Å². The second-order valence-electron chi connectivity index (χ2n) is 5.22. The second kappa shape index (κ2) is 11.4. The first kappa shape index (κ1) is 19.7. The monoisotopic (exact) mass is 301 g/mol. The van der Waals surface area contributed by atoms with Crippen LogP contribution in [0.15, 0.2) is 0 Å². The number of carboxylic acid groups (broad SMARTS) is 1. The molecule has 0 radical (unpaired) electrons. The lowest BCUT2D eigenvalue weighted by atomic mass is 10.1. The van der Waals surface area contributed by atoms with Gasteiger partial charge in [0.15, 0.2) is 0 Å². The third-order valence-electron chi connectivity index (χ3n) is 3.74. The fraction of sp³-hybridized carbons (Fsp3) is 0.867. The van der Waals surface area contributed by atoms with Gasteiger partial charge >= 0.3 is 12.0 Å². The number of carbonyl (C=O) groups is 2. The molecule has 0 aromatic heterocycles. The van der Waals surface area contributed by atoms with Crippen LogP contribution in [0.4, 0.5) is 4.79 Å².